The van der Waals surface area contributed by atoms with Crippen LogP contribution < -0.4 is 15.5 Å². The predicted molar refractivity (Wildman–Crippen MR) is 79.9 cm³/mol. The number of pyridine rings is 1. The number of piperidine rings is 2. The molecule has 0 spiro atoms. The van der Waals surface area contributed by atoms with E-state index in [0.29, 0.717) is 18.4 Å². The molecule has 2 fully saturated rings. The zero-order valence-electron chi connectivity index (χ0n) is 11.9. The molecule has 5 heteroatoms. The summed E-state index contributed by atoms with van der Waals surface area (Å²) >= 11 is 0. The van der Waals surface area contributed by atoms with Crippen molar-refractivity contribution < 1.29 is 4.79 Å². The normalized spacial score (nSPS) is 25.9. The molecule has 2 saturated heterocycles. The number of fused-ring (bicyclic) bond motifs is 1. The highest BCUT2D eigenvalue weighted by atomic mass is 16.1. The highest BCUT2D eigenvalue weighted by Gasteiger charge is 2.34. The van der Waals surface area contributed by atoms with Crippen LogP contribution in [0, 0.1) is 5.92 Å². The predicted octanol–water partition coefficient (Wildman–Crippen LogP) is 1.62. The molecule has 1 aromatic rings. The van der Waals surface area contributed by atoms with Crippen LogP contribution in [-0.4, -0.2) is 36.6 Å². The Morgan fingerprint density at radius 2 is 2.35 bits per heavy atom. The van der Waals surface area contributed by atoms with E-state index in [2.05, 4.69) is 39.6 Å². The van der Waals surface area contributed by atoms with Gasteiger partial charge in [0.1, 0.15) is 11.6 Å². The Hall–Kier alpha value is -1.78. The van der Waals surface area contributed by atoms with Gasteiger partial charge in [0.05, 0.1) is 0 Å². The van der Waals surface area contributed by atoms with Crippen LogP contribution in [-0.2, 0) is 4.79 Å². The van der Waals surface area contributed by atoms with Crippen molar-refractivity contribution in [2.75, 3.05) is 29.9 Å². The van der Waals surface area contributed by atoms with E-state index in [9.17, 15) is 4.79 Å². The summed E-state index contributed by atoms with van der Waals surface area (Å²) in [7, 11) is 0. The van der Waals surface area contributed by atoms with E-state index in [0.717, 1.165) is 44.1 Å². The molecule has 0 aliphatic carbocycles. The molecule has 2 aliphatic heterocycles. The van der Waals surface area contributed by atoms with Crippen molar-refractivity contribution >= 4 is 17.5 Å². The lowest BCUT2D eigenvalue weighted by Gasteiger charge is -2.41. The Labute approximate surface area is 119 Å². The first-order valence-electron chi connectivity index (χ1n) is 7.51. The van der Waals surface area contributed by atoms with Gasteiger partial charge in [-0.05, 0) is 37.8 Å². The van der Waals surface area contributed by atoms with Gasteiger partial charge in [0, 0.05) is 32.1 Å². The first-order valence-corrected chi connectivity index (χ1v) is 7.51. The highest BCUT2D eigenvalue weighted by Crippen LogP contribution is 2.28. The zero-order chi connectivity index (χ0) is 13.9. The number of nitrogens with zero attached hydrogens (tertiary/aromatic N) is 2. The van der Waals surface area contributed by atoms with E-state index in [1.807, 2.05) is 6.07 Å². The van der Waals surface area contributed by atoms with Gasteiger partial charge in [-0.3, -0.25) is 4.79 Å². The number of aromatic nitrogens is 1. The number of carbonyl (C=O) groups excluding carboxylic acids is 1. The smallest absolute Gasteiger partial charge is 0.220 e. The topological polar surface area (TPSA) is 57.3 Å². The van der Waals surface area contributed by atoms with Gasteiger partial charge in [0.2, 0.25) is 5.91 Å². The molecular formula is C15H22N4O. The van der Waals surface area contributed by atoms with Crippen LogP contribution in [0.3, 0.4) is 0 Å². The van der Waals surface area contributed by atoms with E-state index in [4.69, 9.17) is 0 Å². The van der Waals surface area contributed by atoms with E-state index >= 15 is 0 Å². The maximum absolute atomic E-state index is 11.4. The van der Waals surface area contributed by atoms with E-state index < -0.39 is 0 Å². The molecule has 20 heavy (non-hydrogen) atoms. The number of rotatable bonds is 3. The molecule has 2 aliphatic rings. The second-order valence-corrected chi connectivity index (χ2v) is 5.62. The second kappa shape index (κ2) is 5.69. The molecule has 0 bridgehead atoms. The third-order valence-corrected chi connectivity index (χ3v) is 4.24. The fourth-order valence-electron chi connectivity index (χ4n) is 3.20. The standard InChI is InChI=1S/C15H22N4O/c1-2-16-13-4-3-5-14(18-13)19-9-8-12-11(10-19)6-7-15(20)17-12/h3-5,11-12H,2,6-10H2,1H3,(H,16,18)(H,17,20). The van der Waals surface area contributed by atoms with Crippen molar-refractivity contribution in [3.63, 3.8) is 0 Å². The number of hydrogen-bond acceptors (Lipinski definition) is 4. The summed E-state index contributed by atoms with van der Waals surface area (Å²) in [5, 5.41) is 6.38. The minimum atomic E-state index is 0.215. The molecule has 3 rings (SSSR count). The van der Waals surface area contributed by atoms with Crippen molar-refractivity contribution in [2.45, 2.75) is 32.2 Å². The van der Waals surface area contributed by atoms with Gasteiger partial charge in [-0.1, -0.05) is 6.07 Å². The van der Waals surface area contributed by atoms with Crippen LogP contribution in [0.1, 0.15) is 26.2 Å². The van der Waals surface area contributed by atoms with Gasteiger partial charge in [-0.2, -0.15) is 0 Å². The zero-order valence-corrected chi connectivity index (χ0v) is 11.9. The first-order chi connectivity index (χ1) is 9.76. The van der Waals surface area contributed by atoms with Gasteiger partial charge in [-0.25, -0.2) is 4.98 Å². The van der Waals surface area contributed by atoms with E-state index in [1.165, 1.54) is 0 Å². The summed E-state index contributed by atoms with van der Waals surface area (Å²) in [6.07, 6.45) is 2.68. The molecule has 2 N–H and O–H groups in total. The molecule has 0 aromatic carbocycles. The van der Waals surface area contributed by atoms with Crippen LogP contribution in [0.4, 0.5) is 11.6 Å². The molecule has 2 unspecified atom stereocenters. The van der Waals surface area contributed by atoms with E-state index in [-0.39, 0.29) is 5.91 Å². The number of nitrogens with one attached hydrogen (secondary N) is 2. The van der Waals surface area contributed by atoms with Crippen LogP contribution in [0.25, 0.3) is 0 Å². The molecule has 1 amide bonds. The number of carbonyl (C=O) groups is 1. The minimum absolute atomic E-state index is 0.215. The lowest BCUT2D eigenvalue weighted by atomic mass is 9.85. The average Bonchev–Trinajstić information content (AvgIpc) is 2.47. The van der Waals surface area contributed by atoms with Crippen molar-refractivity contribution in [1.82, 2.24) is 10.3 Å². The Kier molecular flexibility index (Phi) is 3.76. The lowest BCUT2D eigenvalue weighted by Crippen LogP contribution is -2.54. The molecule has 0 saturated carbocycles. The number of hydrogen-bond donors (Lipinski definition) is 2. The number of anilines is 2. The van der Waals surface area contributed by atoms with Gasteiger partial charge in [0.15, 0.2) is 0 Å². The summed E-state index contributed by atoms with van der Waals surface area (Å²) in [5.74, 6) is 2.75. The fourth-order valence-corrected chi connectivity index (χ4v) is 3.20. The van der Waals surface area contributed by atoms with Gasteiger partial charge in [-0.15, -0.1) is 0 Å². The third kappa shape index (κ3) is 2.71. The van der Waals surface area contributed by atoms with Crippen molar-refractivity contribution in [2.24, 2.45) is 5.92 Å². The lowest BCUT2D eigenvalue weighted by molar-refractivity contribution is -0.124. The van der Waals surface area contributed by atoms with Gasteiger partial charge < -0.3 is 15.5 Å². The van der Waals surface area contributed by atoms with Gasteiger partial charge >= 0.3 is 0 Å². The maximum Gasteiger partial charge on any atom is 0.220 e. The van der Waals surface area contributed by atoms with Crippen LogP contribution >= 0.6 is 0 Å². The molecule has 2 atom stereocenters. The summed E-state index contributed by atoms with van der Waals surface area (Å²) < 4.78 is 0. The molecule has 1 aromatic heterocycles. The fraction of sp³-hybridized carbons (Fsp3) is 0.600. The molecule has 108 valence electrons. The Bertz CT molecular complexity index is 491. The summed E-state index contributed by atoms with van der Waals surface area (Å²) in [5.41, 5.74) is 0. The third-order valence-electron chi connectivity index (χ3n) is 4.24. The molecule has 5 nitrogen and oxygen atoms in total. The maximum atomic E-state index is 11.4. The van der Waals surface area contributed by atoms with Crippen LogP contribution in [0.5, 0.6) is 0 Å². The Morgan fingerprint density at radius 1 is 1.45 bits per heavy atom. The second-order valence-electron chi connectivity index (χ2n) is 5.62. The Balaban J connectivity index is 1.69. The largest absolute Gasteiger partial charge is 0.370 e. The average molecular weight is 274 g/mol. The van der Waals surface area contributed by atoms with Crippen molar-refractivity contribution in [1.29, 1.82) is 0 Å². The molecule has 0 radical (unpaired) electrons. The summed E-state index contributed by atoms with van der Waals surface area (Å²) in [6.45, 7) is 4.91. The Morgan fingerprint density at radius 3 is 3.20 bits per heavy atom. The van der Waals surface area contributed by atoms with Crippen LogP contribution in [0.15, 0.2) is 18.2 Å². The van der Waals surface area contributed by atoms with Crippen molar-refractivity contribution in [3.05, 3.63) is 18.2 Å². The quantitative estimate of drug-likeness (QED) is 0.879. The summed E-state index contributed by atoms with van der Waals surface area (Å²) in [4.78, 5) is 18.5. The molecule has 3 heterocycles. The summed E-state index contributed by atoms with van der Waals surface area (Å²) in [6, 6.07) is 6.49. The monoisotopic (exact) mass is 274 g/mol. The minimum Gasteiger partial charge on any atom is -0.370 e. The first kappa shape index (κ1) is 13.2. The SMILES string of the molecule is CCNc1cccc(N2CCC3NC(=O)CCC3C2)n1. The highest BCUT2D eigenvalue weighted by molar-refractivity contribution is 5.77. The van der Waals surface area contributed by atoms with Gasteiger partial charge in [0.25, 0.3) is 0 Å². The van der Waals surface area contributed by atoms with E-state index in [1.54, 1.807) is 0 Å². The van der Waals surface area contributed by atoms with Crippen molar-refractivity contribution in [3.8, 4) is 0 Å². The molecular weight excluding hydrogens is 252 g/mol. The van der Waals surface area contributed by atoms with Crippen LogP contribution in [0.2, 0.25) is 0 Å². The number of amides is 1.